The Morgan fingerprint density at radius 2 is 2.00 bits per heavy atom. The highest BCUT2D eigenvalue weighted by molar-refractivity contribution is 6.76. The number of ether oxygens (including phenoxy) is 1. The van der Waals surface area contributed by atoms with Crippen molar-refractivity contribution < 1.29 is 4.74 Å². The Bertz CT molecular complexity index is 430. The first-order chi connectivity index (χ1) is 8.88. The van der Waals surface area contributed by atoms with E-state index in [4.69, 9.17) is 9.72 Å². The van der Waals surface area contributed by atoms with Gasteiger partial charge in [0.25, 0.3) is 0 Å². The van der Waals surface area contributed by atoms with Crippen LogP contribution in [0.4, 0.5) is 0 Å². The molecule has 0 bridgehead atoms. The Balaban J connectivity index is 1.95. The van der Waals surface area contributed by atoms with Crippen molar-refractivity contribution in [3.8, 4) is 0 Å². The molecule has 2 rings (SSSR count). The van der Waals surface area contributed by atoms with Crippen LogP contribution in [-0.4, -0.2) is 24.2 Å². The van der Waals surface area contributed by atoms with Gasteiger partial charge in [-0.3, -0.25) is 0 Å². The molecule has 1 fully saturated rings. The minimum absolute atomic E-state index is 0.619. The molecule has 1 heterocycles. The molecule has 1 aliphatic rings. The summed E-state index contributed by atoms with van der Waals surface area (Å²) in [6, 6.07) is 1.23. The molecule has 0 atom stereocenters. The highest BCUT2D eigenvalue weighted by Crippen LogP contribution is 2.35. The van der Waals surface area contributed by atoms with E-state index >= 15 is 0 Å². The van der Waals surface area contributed by atoms with E-state index in [9.17, 15) is 0 Å². The first-order valence-corrected chi connectivity index (χ1v) is 11.0. The lowest BCUT2D eigenvalue weighted by atomic mass is 9.85. The van der Waals surface area contributed by atoms with Gasteiger partial charge in [-0.05, 0) is 39.2 Å². The molecule has 1 aromatic heterocycles. The van der Waals surface area contributed by atoms with Crippen LogP contribution < -0.4 is 0 Å². The molecule has 1 aliphatic carbocycles. The van der Waals surface area contributed by atoms with Crippen LogP contribution in [0.1, 0.15) is 36.0 Å². The molecule has 0 spiro atoms. The molecule has 1 saturated carbocycles. The topological polar surface area (TPSA) is 27.1 Å². The minimum Gasteiger partial charge on any atom is -0.361 e. The number of imidazole rings is 1. The van der Waals surface area contributed by atoms with Crippen LogP contribution in [0.5, 0.6) is 0 Å². The molecule has 4 heteroatoms. The number of hydrogen-bond donors (Lipinski definition) is 0. The van der Waals surface area contributed by atoms with E-state index in [1.54, 1.807) is 0 Å². The molecule has 0 saturated heterocycles. The van der Waals surface area contributed by atoms with Gasteiger partial charge in [0.15, 0.2) is 0 Å². The van der Waals surface area contributed by atoms with Crippen LogP contribution in [0.2, 0.25) is 25.7 Å². The van der Waals surface area contributed by atoms with Crippen molar-refractivity contribution in [2.24, 2.45) is 0 Å². The third kappa shape index (κ3) is 3.69. The van der Waals surface area contributed by atoms with Gasteiger partial charge in [0.1, 0.15) is 12.6 Å². The van der Waals surface area contributed by atoms with Crippen molar-refractivity contribution in [1.82, 2.24) is 9.55 Å². The molecule has 1 aromatic rings. The van der Waals surface area contributed by atoms with Gasteiger partial charge in [0, 0.05) is 26.3 Å². The Kier molecular flexibility index (Phi) is 4.51. The molecular formula is C15H27N2OSi. The molecule has 0 N–H and O–H groups in total. The lowest BCUT2D eigenvalue weighted by Crippen LogP contribution is -2.23. The van der Waals surface area contributed by atoms with Crippen LogP contribution in [0.3, 0.4) is 0 Å². The lowest BCUT2D eigenvalue weighted by molar-refractivity contribution is 0.0823. The molecule has 107 valence electrons. The summed E-state index contributed by atoms with van der Waals surface area (Å²) < 4.78 is 8.17. The van der Waals surface area contributed by atoms with E-state index < -0.39 is 8.07 Å². The van der Waals surface area contributed by atoms with E-state index in [2.05, 4.69) is 44.5 Å². The second kappa shape index (κ2) is 5.79. The predicted molar refractivity (Wildman–Crippen MR) is 82.1 cm³/mol. The zero-order chi connectivity index (χ0) is 14.0. The summed E-state index contributed by atoms with van der Waals surface area (Å²) in [6.45, 7) is 13.0. The lowest BCUT2D eigenvalue weighted by Gasteiger charge is -2.25. The Morgan fingerprint density at radius 1 is 1.32 bits per heavy atom. The summed E-state index contributed by atoms with van der Waals surface area (Å²) in [5, 5.41) is 0. The van der Waals surface area contributed by atoms with Crippen LogP contribution in [0.15, 0.2) is 0 Å². The van der Waals surface area contributed by atoms with Crippen LogP contribution in [0.25, 0.3) is 0 Å². The highest BCUT2D eigenvalue weighted by Gasteiger charge is 2.26. The molecule has 1 radical (unpaired) electrons. The van der Waals surface area contributed by atoms with Gasteiger partial charge in [0.05, 0.1) is 5.69 Å². The largest absolute Gasteiger partial charge is 0.361 e. The zero-order valence-electron chi connectivity index (χ0n) is 13.0. The molecule has 0 unspecified atom stereocenters. The summed E-state index contributed by atoms with van der Waals surface area (Å²) in [6.07, 6.45) is 4.68. The van der Waals surface area contributed by atoms with E-state index in [-0.39, 0.29) is 0 Å². The van der Waals surface area contributed by atoms with Crippen LogP contribution in [0, 0.1) is 20.3 Å². The summed E-state index contributed by atoms with van der Waals surface area (Å²) in [4.78, 5) is 4.73. The van der Waals surface area contributed by atoms with Gasteiger partial charge in [-0.25, -0.2) is 4.98 Å². The van der Waals surface area contributed by atoms with Crippen molar-refractivity contribution in [2.45, 2.75) is 65.0 Å². The van der Waals surface area contributed by atoms with E-state index in [1.807, 2.05) is 0 Å². The Morgan fingerprint density at radius 3 is 2.53 bits per heavy atom. The average molecular weight is 279 g/mol. The first-order valence-electron chi connectivity index (χ1n) is 7.31. The van der Waals surface area contributed by atoms with Crippen molar-refractivity contribution >= 4 is 8.07 Å². The fraction of sp³-hybridized carbons (Fsp3) is 0.733. The SMILES string of the molecule is Cc1nc(C2C[CH]C2)n(COCC[Si](C)(C)C)c1C. The van der Waals surface area contributed by atoms with Crippen molar-refractivity contribution in [3.05, 3.63) is 23.6 Å². The van der Waals surface area contributed by atoms with Crippen molar-refractivity contribution in [1.29, 1.82) is 0 Å². The molecule has 19 heavy (non-hydrogen) atoms. The fourth-order valence-corrected chi connectivity index (χ4v) is 2.99. The quantitative estimate of drug-likeness (QED) is 0.583. The highest BCUT2D eigenvalue weighted by atomic mass is 28.3. The Hall–Kier alpha value is -0.613. The average Bonchev–Trinajstić information content (AvgIpc) is 2.48. The van der Waals surface area contributed by atoms with E-state index in [0.717, 1.165) is 12.3 Å². The molecule has 0 aromatic carbocycles. The van der Waals surface area contributed by atoms with E-state index in [0.29, 0.717) is 12.6 Å². The normalized spacial score (nSPS) is 16.7. The van der Waals surface area contributed by atoms with Gasteiger partial charge >= 0.3 is 0 Å². The number of aromatic nitrogens is 2. The maximum Gasteiger partial charge on any atom is 0.124 e. The van der Waals surface area contributed by atoms with Gasteiger partial charge in [-0.15, -0.1) is 0 Å². The third-order valence-electron chi connectivity index (χ3n) is 3.97. The molecular weight excluding hydrogens is 252 g/mol. The predicted octanol–water partition coefficient (Wildman–Crippen LogP) is 3.89. The number of nitrogens with zero attached hydrogens (tertiary/aromatic N) is 2. The number of hydrogen-bond acceptors (Lipinski definition) is 2. The molecule has 0 amide bonds. The maximum atomic E-state index is 5.90. The van der Waals surface area contributed by atoms with Gasteiger partial charge in [-0.1, -0.05) is 19.6 Å². The Labute approximate surface area is 118 Å². The van der Waals surface area contributed by atoms with Crippen LogP contribution >= 0.6 is 0 Å². The number of aryl methyl sites for hydroxylation is 1. The first kappa shape index (κ1) is 14.8. The minimum atomic E-state index is -0.990. The van der Waals surface area contributed by atoms with Gasteiger partial charge in [-0.2, -0.15) is 0 Å². The summed E-state index contributed by atoms with van der Waals surface area (Å²) >= 11 is 0. The van der Waals surface area contributed by atoms with Gasteiger partial charge < -0.3 is 9.30 Å². The zero-order valence-corrected chi connectivity index (χ0v) is 14.0. The van der Waals surface area contributed by atoms with Crippen LogP contribution in [-0.2, 0) is 11.5 Å². The third-order valence-corrected chi connectivity index (χ3v) is 5.68. The summed E-state index contributed by atoms with van der Waals surface area (Å²) in [5.74, 6) is 1.85. The monoisotopic (exact) mass is 279 g/mol. The second-order valence-corrected chi connectivity index (χ2v) is 12.5. The standard InChI is InChI=1S/C15H27N2OSi/c1-12-13(2)17(11-18-9-10-19(3,4)5)15(16-12)14-7-6-8-14/h6,14H,7-11H2,1-5H3. The summed E-state index contributed by atoms with van der Waals surface area (Å²) in [7, 11) is -0.990. The van der Waals surface area contributed by atoms with Crippen molar-refractivity contribution in [2.75, 3.05) is 6.61 Å². The van der Waals surface area contributed by atoms with Gasteiger partial charge in [0.2, 0.25) is 0 Å². The second-order valence-electron chi connectivity index (χ2n) is 6.87. The number of rotatable bonds is 6. The van der Waals surface area contributed by atoms with Crippen molar-refractivity contribution in [3.63, 3.8) is 0 Å². The summed E-state index contributed by atoms with van der Waals surface area (Å²) in [5.41, 5.74) is 2.41. The molecule has 0 aliphatic heterocycles. The maximum absolute atomic E-state index is 5.90. The van der Waals surface area contributed by atoms with E-state index in [1.165, 1.54) is 30.4 Å². The fourth-order valence-electron chi connectivity index (χ4n) is 2.23. The smallest absolute Gasteiger partial charge is 0.124 e. The molecule has 3 nitrogen and oxygen atoms in total.